The molecular formula is C15H11BrF4N2O3S. The molecule has 2 rings (SSSR count). The van der Waals surface area contributed by atoms with Gasteiger partial charge in [-0.2, -0.15) is 13.2 Å². The van der Waals surface area contributed by atoms with Gasteiger partial charge in [0, 0.05) is 15.7 Å². The molecule has 2 aromatic carbocycles. The molecule has 0 atom stereocenters. The van der Waals surface area contributed by atoms with Crippen LogP contribution in [-0.2, 0) is 10.0 Å². The number of carbonyl (C=O) groups is 1. The van der Waals surface area contributed by atoms with Crippen molar-refractivity contribution in [2.75, 3.05) is 11.9 Å². The highest BCUT2D eigenvalue weighted by molar-refractivity contribution is 9.10. The third-order valence-electron chi connectivity index (χ3n) is 3.01. The summed E-state index contributed by atoms with van der Waals surface area (Å²) in [7, 11) is -4.34. The Morgan fingerprint density at radius 2 is 1.69 bits per heavy atom. The number of nitrogens with one attached hydrogen (secondary N) is 2. The molecule has 0 heterocycles. The smallest absolute Gasteiger partial charge is 0.322 e. The van der Waals surface area contributed by atoms with Gasteiger partial charge in [-0.25, -0.2) is 17.5 Å². The van der Waals surface area contributed by atoms with Crippen LogP contribution >= 0.6 is 15.9 Å². The average Bonchev–Trinajstić information content (AvgIpc) is 2.52. The van der Waals surface area contributed by atoms with Crippen molar-refractivity contribution in [3.63, 3.8) is 0 Å². The van der Waals surface area contributed by atoms with Gasteiger partial charge in [-0.1, -0.05) is 15.9 Å². The highest BCUT2D eigenvalue weighted by atomic mass is 79.9. The molecule has 11 heteroatoms. The molecule has 0 aromatic heterocycles. The molecule has 1 amide bonds. The molecule has 0 aliphatic rings. The topological polar surface area (TPSA) is 75.3 Å². The number of alkyl halides is 3. The lowest BCUT2D eigenvalue weighted by Crippen LogP contribution is -2.33. The van der Waals surface area contributed by atoms with Gasteiger partial charge in [-0.05, 0) is 42.5 Å². The fraction of sp³-hybridized carbons (Fsp3) is 0.133. The quantitative estimate of drug-likeness (QED) is 0.676. The minimum absolute atomic E-state index is 0.0282. The van der Waals surface area contributed by atoms with E-state index in [0.29, 0.717) is 4.47 Å². The van der Waals surface area contributed by atoms with Crippen LogP contribution in [0.2, 0.25) is 0 Å². The summed E-state index contributed by atoms with van der Waals surface area (Å²) in [5.41, 5.74) is 0.213. The Hall–Kier alpha value is -1.98. The summed E-state index contributed by atoms with van der Waals surface area (Å²) in [5.74, 6) is -1.27. The van der Waals surface area contributed by atoms with Crippen molar-refractivity contribution >= 4 is 37.5 Å². The molecule has 0 saturated carbocycles. The monoisotopic (exact) mass is 454 g/mol. The summed E-state index contributed by atoms with van der Waals surface area (Å²) in [6.07, 6.45) is -4.68. The predicted octanol–water partition coefficient (Wildman–Crippen LogP) is 3.68. The molecule has 0 aliphatic carbocycles. The molecular weight excluding hydrogens is 444 g/mol. The van der Waals surface area contributed by atoms with Crippen LogP contribution in [-0.4, -0.2) is 27.0 Å². The first-order chi connectivity index (χ1) is 12.0. The fourth-order valence-electron chi connectivity index (χ4n) is 1.87. The third-order valence-corrected chi connectivity index (χ3v) is 4.88. The summed E-state index contributed by atoms with van der Waals surface area (Å²) >= 11 is 3.05. The lowest BCUT2D eigenvalue weighted by atomic mass is 10.2. The molecule has 0 aliphatic heterocycles. The van der Waals surface area contributed by atoms with E-state index >= 15 is 0 Å². The second-order valence-electron chi connectivity index (χ2n) is 5.08. The minimum Gasteiger partial charge on any atom is -0.322 e. The first-order valence-corrected chi connectivity index (χ1v) is 9.18. The van der Waals surface area contributed by atoms with E-state index in [1.165, 1.54) is 29.0 Å². The van der Waals surface area contributed by atoms with Gasteiger partial charge in [0.05, 0.1) is 4.90 Å². The Labute approximate surface area is 154 Å². The Morgan fingerprint density at radius 1 is 1.08 bits per heavy atom. The van der Waals surface area contributed by atoms with Crippen LogP contribution in [0.4, 0.5) is 23.2 Å². The van der Waals surface area contributed by atoms with Gasteiger partial charge in [0.1, 0.15) is 12.4 Å². The normalized spacial score (nSPS) is 12.0. The molecule has 2 N–H and O–H groups in total. The van der Waals surface area contributed by atoms with Gasteiger partial charge in [0.25, 0.3) is 5.91 Å². The van der Waals surface area contributed by atoms with Crippen molar-refractivity contribution in [1.29, 1.82) is 0 Å². The van der Waals surface area contributed by atoms with Crippen LogP contribution in [0, 0.1) is 5.82 Å². The Morgan fingerprint density at radius 3 is 2.23 bits per heavy atom. The Balaban J connectivity index is 2.10. The van der Waals surface area contributed by atoms with E-state index in [9.17, 15) is 30.8 Å². The molecule has 0 fully saturated rings. The first kappa shape index (κ1) is 20.3. The van der Waals surface area contributed by atoms with Gasteiger partial charge in [-0.3, -0.25) is 4.79 Å². The first-order valence-electron chi connectivity index (χ1n) is 6.90. The highest BCUT2D eigenvalue weighted by Gasteiger charge is 2.30. The van der Waals surface area contributed by atoms with E-state index in [1.54, 1.807) is 0 Å². The van der Waals surface area contributed by atoms with Gasteiger partial charge < -0.3 is 5.32 Å². The maximum Gasteiger partial charge on any atom is 0.402 e. The molecule has 2 aromatic rings. The molecule has 140 valence electrons. The number of amides is 1. The second-order valence-corrected chi connectivity index (χ2v) is 7.76. The average molecular weight is 455 g/mol. The van der Waals surface area contributed by atoms with Gasteiger partial charge in [-0.15, -0.1) is 0 Å². The molecule has 0 unspecified atom stereocenters. The summed E-state index contributed by atoms with van der Waals surface area (Å²) in [5, 5.41) is 2.43. The zero-order chi connectivity index (χ0) is 19.5. The molecule has 0 spiro atoms. The van der Waals surface area contributed by atoms with Crippen molar-refractivity contribution < 1.29 is 30.8 Å². The van der Waals surface area contributed by atoms with E-state index in [1.807, 2.05) is 0 Å². The molecule has 0 bridgehead atoms. The van der Waals surface area contributed by atoms with E-state index in [2.05, 4.69) is 21.2 Å². The number of hydrogen-bond donors (Lipinski definition) is 2. The molecule has 0 radical (unpaired) electrons. The van der Waals surface area contributed by atoms with Crippen LogP contribution in [0.25, 0.3) is 0 Å². The number of anilines is 1. The predicted molar refractivity (Wildman–Crippen MR) is 89.7 cm³/mol. The van der Waals surface area contributed by atoms with Crippen molar-refractivity contribution in [1.82, 2.24) is 4.72 Å². The lowest BCUT2D eigenvalue weighted by Gasteiger charge is -2.10. The summed E-state index contributed by atoms with van der Waals surface area (Å²) < 4.78 is 75.0. The van der Waals surface area contributed by atoms with Gasteiger partial charge in [0.2, 0.25) is 10.0 Å². The van der Waals surface area contributed by atoms with E-state index < -0.39 is 39.4 Å². The summed E-state index contributed by atoms with van der Waals surface area (Å²) in [6.45, 7) is -1.69. The maximum atomic E-state index is 13.3. The summed E-state index contributed by atoms with van der Waals surface area (Å²) in [4.78, 5) is 11.7. The van der Waals surface area contributed by atoms with Crippen LogP contribution in [0.5, 0.6) is 0 Å². The van der Waals surface area contributed by atoms with Crippen molar-refractivity contribution in [2.45, 2.75) is 11.1 Å². The fourth-order valence-corrected chi connectivity index (χ4v) is 3.35. The van der Waals surface area contributed by atoms with E-state index in [4.69, 9.17) is 0 Å². The zero-order valence-corrected chi connectivity index (χ0v) is 15.2. The van der Waals surface area contributed by atoms with Crippen molar-refractivity contribution in [2.24, 2.45) is 0 Å². The van der Waals surface area contributed by atoms with E-state index in [-0.39, 0.29) is 11.3 Å². The van der Waals surface area contributed by atoms with Crippen LogP contribution in [0.1, 0.15) is 10.4 Å². The minimum atomic E-state index is -4.68. The second kappa shape index (κ2) is 7.72. The number of sulfonamides is 1. The molecule has 0 saturated heterocycles. The third kappa shape index (κ3) is 5.78. The summed E-state index contributed by atoms with van der Waals surface area (Å²) in [6, 6.07) is 8.05. The highest BCUT2D eigenvalue weighted by Crippen LogP contribution is 2.19. The standard InChI is InChI=1S/C15H11BrF4N2O3S/c16-10-5-9(6-11(17)7-10)14(23)22-12-1-3-13(4-2-12)26(24,25)21-8-15(18,19)20/h1-7,21H,8H2,(H,22,23). The zero-order valence-electron chi connectivity index (χ0n) is 12.8. The number of rotatable bonds is 5. The Kier molecular flexibility index (Phi) is 6.04. The molecule has 5 nitrogen and oxygen atoms in total. The van der Waals surface area contributed by atoms with Gasteiger partial charge in [0.15, 0.2) is 0 Å². The van der Waals surface area contributed by atoms with Crippen LogP contribution < -0.4 is 10.0 Å². The van der Waals surface area contributed by atoms with Gasteiger partial charge >= 0.3 is 6.18 Å². The van der Waals surface area contributed by atoms with Crippen molar-refractivity contribution in [3.05, 3.63) is 58.3 Å². The number of hydrogen-bond acceptors (Lipinski definition) is 3. The Bertz CT molecular complexity index is 895. The van der Waals surface area contributed by atoms with Crippen LogP contribution in [0.15, 0.2) is 51.8 Å². The van der Waals surface area contributed by atoms with Crippen molar-refractivity contribution in [3.8, 4) is 0 Å². The largest absolute Gasteiger partial charge is 0.402 e. The van der Waals surface area contributed by atoms with Crippen LogP contribution in [0.3, 0.4) is 0 Å². The van der Waals surface area contributed by atoms with E-state index in [0.717, 1.165) is 18.2 Å². The SMILES string of the molecule is O=C(Nc1ccc(S(=O)(=O)NCC(F)(F)F)cc1)c1cc(F)cc(Br)c1. The number of halogens is 5. The maximum absolute atomic E-state index is 13.3. The molecule has 26 heavy (non-hydrogen) atoms. The number of carbonyl (C=O) groups excluding carboxylic acids is 1. The number of benzene rings is 2. The lowest BCUT2D eigenvalue weighted by molar-refractivity contribution is -0.121.